The summed E-state index contributed by atoms with van der Waals surface area (Å²) in [6.45, 7) is 11.3. The number of rotatable bonds is 3. The maximum atomic E-state index is 5.87. The zero-order valence-corrected chi connectivity index (χ0v) is 10.9. The first-order valence-corrected chi connectivity index (χ1v) is 5.70. The van der Waals surface area contributed by atoms with Gasteiger partial charge in [-0.3, -0.25) is 0 Å². The fraction of sp³-hybridized carbons (Fsp3) is 0.615. The molecule has 0 saturated carbocycles. The molecule has 0 aliphatic carbocycles. The summed E-state index contributed by atoms with van der Waals surface area (Å²) in [6.07, 6.45) is 1.73. The zero-order chi connectivity index (χ0) is 12.3. The van der Waals surface area contributed by atoms with Crippen molar-refractivity contribution in [1.29, 1.82) is 0 Å². The van der Waals surface area contributed by atoms with Crippen LogP contribution in [0.25, 0.3) is 0 Å². The summed E-state index contributed by atoms with van der Waals surface area (Å²) in [5.74, 6) is 1.70. The fourth-order valence-electron chi connectivity index (χ4n) is 1.46. The van der Waals surface area contributed by atoms with Crippen LogP contribution in [0.1, 0.15) is 40.2 Å². The van der Waals surface area contributed by atoms with E-state index < -0.39 is 0 Å². The maximum absolute atomic E-state index is 5.87. The number of hydrogen-bond donors (Lipinski definition) is 1. The molecule has 0 aliphatic rings. The molecule has 0 amide bonds. The molecule has 16 heavy (non-hydrogen) atoms. The minimum absolute atomic E-state index is 0.0172. The topological polar surface area (TPSA) is 48.1 Å². The minimum Gasteiger partial charge on any atom is -0.489 e. The molecule has 1 rings (SSSR count). The van der Waals surface area contributed by atoms with Crippen molar-refractivity contribution >= 4 is 5.82 Å². The fourth-order valence-corrected chi connectivity index (χ4v) is 1.46. The van der Waals surface area contributed by atoms with Gasteiger partial charge in [0.25, 0.3) is 0 Å². The lowest BCUT2D eigenvalue weighted by molar-refractivity contribution is 0.265. The molecule has 0 fully saturated rings. The molecule has 0 atom stereocenters. The first-order chi connectivity index (χ1) is 7.32. The molecule has 0 unspecified atom stereocenters. The van der Waals surface area contributed by atoms with Crippen LogP contribution in [0.5, 0.6) is 5.75 Å². The number of nitrogens with two attached hydrogens (primary N) is 1. The summed E-state index contributed by atoms with van der Waals surface area (Å²) in [5, 5.41) is 0. The van der Waals surface area contributed by atoms with Crippen LogP contribution >= 0.6 is 0 Å². The second kappa shape index (κ2) is 4.73. The van der Waals surface area contributed by atoms with Crippen molar-refractivity contribution in [2.75, 3.05) is 12.3 Å². The van der Waals surface area contributed by atoms with Gasteiger partial charge < -0.3 is 10.5 Å². The summed E-state index contributed by atoms with van der Waals surface area (Å²) in [5.41, 5.74) is 7.00. The van der Waals surface area contributed by atoms with Crippen molar-refractivity contribution in [3.05, 3.63) is 17.8 Å². The Bertz CT molecular complexity index is 353. The van der Waals surface area contributed by atoms with E-state index >= 15 is 0 Å². The summed E-state index contributed by atoms with van der Waals surface area (Å²) in [6, 6.07) is 1.98. The van der Waals surface area contributed by atoms with Crippen LogP contribution in [0.2, 0.25) is 0 Å². The van der Waals surface area contributed by atoms with Crippen LogP contribution in [0.3, 0.4) is 0 Å². The molecular formula is C13H22N2O. The molecule has 0 aromatic carbocycles. The van der Waals surface area contributed by atoms with Crippen LogP contribution in [0, 0.1) is 5.92 Å². The van der Waals surface area contributed by atoms with Crippen molar-refractivity contribution in [3.63, 3.8) is 0 Å². The number of anilines is 1. The predicted octanol–water partition coefficient (Wildman–Crippen LogP) is 3.00. The third-order valence-corrected chi connectivity index (χ3v) is 2.30. The van der Waals surface area contributed by atoms with Crippen molar-refractivity contribution in [2.24, 2.45) is 5.92 Å². The minimum atomic E-state index is 0.0172. The Labute approximate surface area is 98.0 Å². The molecule has 1 heterocycles. The van der Waals surface area contributed by atoms with Gasteiger partial charge in [-0.25, -0.2) is 4.98 Å². The largest absolute Gasteiger partial charge is 0.489 e. The SMILES string of the molecule is CC(C)COc1c(C(C)(C)C)ccnc1N. The van der Waals surface area contributed by atoms with E-state index in [4.69, 9.17) is 10.5 Å². The summed E-state index contributed by atoms with van der Waals surface area (Å²) in [4.78, 5) is 4.08. The highest BCUT2D eigenvalue weighted by atomic mass is 16.5. The van der Waals surface area contributed by atoms with E-state index in [1.807, 2.05) is 6.07 Å². The maximum Gasteiger partial charge on any atom is 0.166 e. The molecule has 1 aromatic heterocycles. The smallest absolute Gasteiger partial charge is 0.166 e. The summed E-state index contributed by atoms with van der Waals surface area (Å²) in [7, 11) is 0. The average molecular weight is 222 g/mol. The Kier molecular flexibility index (Phi) is 3.79. The van der Waals surface area contributed by atoms with Crippen LogP contribution in [-0.4, -0.2) is 11.6 Å². The summed E-state index contributed by atoms with van der Waals surface area (Å²) < 4.78 is 5.77. The molecular weight excluding hydrogens is 200 g/mol. The molecule has 0 bridgehead atoms. The van der Waals surface area contributed by atoms with Crippen molar-refractivity contribution in [1.82, 2.24) is 4.98 Å². The molecule has 2 N–H and O–H groups in total. The van der Waals surface area contributed by atoms with Gasteiger partial charge in [-0.1, -0.05) is 34.6 Å². The van der Waals surface area contributed by atoms with Gasteiger partial charge in [-0.05, 0) is 17.4 Å². The molecule has 1 aromatic rings. The number of ether oxygens (including phenoxy) is 1. The molecule has 0 saturated heterocycles. The highest BCUT2D eigenvalue weighted by Gasteiger charge is 2.21. The van der Waals surface area contributed by atoms with Crippen LogP contribution < -0.4 is 10.5 Å². The highest BCUT2D eigenvalue weighted by molar-refractivity contribution is 5.53. The Morgan fingerprint density at radius 1 is 1.38 bits per heavy atom. The lowest BCUT2D eigenvalue weighted by Crippen LogP contribution is -2.16. The van der Waals surface area contributed by atoms with Crippen LogP contribution in [0.4, 0.5) is 5.82 Å². The molecule has 0 spiro atoms. The van der Waals surface area contributed by atoms with E-state index in [-0.39, 0.29) is 5.41 Å². The second-order valence-electron chi connectivity index (χ2n) is 5.53. The number of hydrogen-bond acceptors (Lipinski definition) is 3. The Morgan fingerprint density at radius 3 is 2.50 bits per heavy atom. The van der Waals surface area contributed by atoms with Crippen molar-refractivity contribution in [2.45, 2.75) is 40.0 Å². The number of nitrogen functional groups attached to an aromatic ring is 1. The standard InChI is InChI=1S/C13H22N2O/c1-9(2)8-16-11-10(13(3,4)5)6-7-15-12(11)14/h6-7,9H,8H2,1-5H3,(H2,14,15). The van der Waals surface area contributed by atoms with E-state index in [9.17, 15) is 0 Å². The van der Waals surface area contributed by atoms with Crippen molar-refractivity contribution in [3.8, 4) is 5.75 Å². The molecule has 3 heteroatoms. The van der Waals surface area contributed by atoms with Crippen LogP contribution in [-0.2, 0) is 5.41 Å². The summed E-state index contributed by atoms with van der Waals surface area (Å²) >= 11 is 0. The molecule has 3 nitrogen and oxygen atoms in total. The van der Waals surface area contributed by atoms with Gasteiger partial charge in [0.05, 0.1) is 6.61 Å². The van der Waals surface area contributed by atoms with Crippen LogP contribution in [0.15, 0.2) is 12.3 Å². The predicted molar refractivity (Wildman–Crippen MR) is 67.7 cm³/mol. The first-order valence-electron chi connectivity index (χ1n) is 5.70. The lowest BCUT2D eigenvalue weighted by atomic mass is 9.87. The average Bonchev–Trinajstić information content (AvgIpc) is 2.13. The Hall–Kier alpha value is -1.25. The zero-order valence-electron chi connectivity index (χ0n) is 10.9. The monoisotopic (exact) mass is 222 g/mol. The van der Waals surface area contributed by atoms with E-state index in [1.54, 1.807) is 6.20 Å². The van der Waals surface area contributed by atoms with E-state index in [2.05, 4.69) is 39.6 Å². The van der Waals surface area contributed by atoms with Crippen molar-refractivity contribution < 1.29 is 4.74 Å². The van der Waals surface area contributed by atoms with E-state index in [0.29, 0.717) is 18.3 Å². The highest BCUT2D eigenvalue weighted by Crippen LogP contribution is 2.34. The van der Waals surface area contributed by atoms with E-state index in [1.165, 1.54) is 0 Å². The van der Waals surface area contributed by atoms with Gasteiger partial charge in [0.15, 0.2) is 11.6 Å². The van der Waals surface area contributed by atoms with Gasteiger partial charge >= 0.3 is 0 Å². The number of aromatic nitrogens is 1. The first kappa shape index (κ1) is 12.8. The van der Waals surface area contributed by atoms with Gasteiger partial charge in [0.2, 0.25) is 0 Å². The Morgan fingerprint density at radius 2 is 2.00 bits per heavy atom. The molecule has 0 aliphatic heterocycles. The molecule has 0 radical (unpaired) electrons. The second-order valence-corrected chi connectivity index (χ2v) is 5.53. The Balaban J connectivity index is 3.04. The van der Waals surface area contributed by atoms with Gasteiger partial charge in [-0.15, -0.1) is 0 Å². The van der Waals surface area contributed by atoms with Gasteiger partial charge in [0, 0.05) is 11.8 Å². The number of pyridine rings is 1. The van der Waals surface area contributed by atoms with Gasteiger partial charge in [-0.2, -0.15) is 0 Å². The lowest BCUT2D eigenvalue weighted by Gasteiger charge is -2.23. The number of nitrogens with zero attached hydrogens (tertiary/aromatic N) is 1. The third kappa shape index (κ3) is 3.12. The normalized spacial score (nSPS) is 11.9. The van der Waals surface area contributed by atoms with Gasteiger partial charge in [0.1, 0.15) is 0 Å². The quantitative estimate of drug-likeness (QED) is 0.855. The molecule has 90 valence electrons. The third-order valence-electron chi connectivity index (χ3n) is 2.30. The van der Waals surface area contributed by atoms with E-state index in [0.717, 1.165) is 11.3 Å².